The van der Waals surface area contributed by atoms with E-state index in [0.717, 1.165) is 51.3 Å². The highest BCUT2D eigenvalue weighted by Gasteiger charge is 2.19. The molecule has 1 aliphatic heterocycles. The Hall–Kier alpha value is -1.72. The highest BCUT2D eigenvalue weighted by Crippen LogP contribution is 2.19. The van der Waals surface area contributed by atoms with Gasteiger partial charge in [0.2, 0.25) is 5.91 Å². The second kappa shape index (κ2) is 9.83. The van der Waals surface area contributed by atoms with Crippen molar-refractivity contribution in [1.29, 1.82) is 0 Å². The molecule has 1 amide bonds. The number of piperazine rings is 1. The topological polar surface area (TPSA) is 35.6 Å². The summed E-state index contributed by atoms with van der Waals surface area (Å²) < 4.78 is 13.3. The lowest BCUT2D eigenvalue weighted by molar-refractivity contribution is -0.122. The van der Waals surface area contributed by atoms with Crippen LogP contribution in [0.4, 0.5) is 4.39 Å². The molecule has 1 N–H and O–H groups in total. The van der Waals surface area contributed by atoms with Crippen LogP contribution in [-0.4, -0.2) is 55.0 Å². The fourth-order valence-electron chi connectivity index (χ4n) is 3.75. The Kier molecular flexibility index (Phi) is 7.21. The highest BCUT2D eigenvalue weighted by atomic mass is 19.1. The molecular weight excluding hydrogens is 329 g/mol. The minimum atomic E-state index is -0.179. The molecule has 0 bridgehead atoms. The number of rotatable bonds is 7. The number of allylic oxidation sites excluding steroid dienone is 1. The molecular formula is C21H30FN3O. The van der Waals surface area contributed by atoms with Crippen molar-refractivity contribution >= 4 is 5.91 Å². The van der Waals surface area contributed by atoms with Crippen molar-refractivity contribution < 1.29 is 9.18 Å². The molecule has 0 atom stereocenters. The van der Waals surface area contributed by atoms with Crippen LogP contribution in [0.5, 0.6) is 0 Å². The third-order valence-electron chi connectivity index (χ3n) is 5.28. The predicted octanol–water partition coefficient (Wildman–Crippen LogP) is 2.95. The first kappa shape index (κ1) is 19.1. The van der Waals surface area contributed by atoms with E-state index in [1.807, 2.05) is 6.07 Å². The zero-order valence-electron chi connectivity index (χ0n) is 15.6. The van der Waals surface area contributed by atoms with Gasteiger partial charge in [0.25, 0.3) is 0 Å². The Balaban J connectivity index is 1.31. The van der Waals surface area contributed by atoms with Crippen molar-refractivity contribution in [2.75, 3.05) is 39.3 Å². The van der Waals surface area contributed by atoms with Gasteiger partial charge in [0.1, 0.15) is 5.82 Å². The number of hydrogen-bond donors (Lipinski definition) is 1. The SMILES string of the molecule is O=C(CN1CCN(Cc2cccc(F)c2)CC1)NCCC1=CCCCC1. The lowest BCUT2D eigenvalue weighted by Crippen LogP contribution is -2.49. The predicted molar refractivity (Wildman–Crippen MR) is 102 cm³/mol. The number of nitrogens with zero attached hydrogens (tertiary/aromatic N) is 2. The maximum atomic E-state index is 13.3. The maximum absolute atomic E-state index is 13.3. The van der Waals surface area contributed by atoms with Gasteiger partial charge in [-0.1, -0.05) is 23.8 Å². The van der Waals surface area contributed by atoms with E-state index in [-0.39, 0.29) is 11.7 Å². The first-order valence-corrected chi connectivity index (χ1v) is 9.83. The van der Waals surface area contributed by atoms with E-state index >= 15 is 0 Å². The quantitative estimate of drug-likeness (QED) is 0.761. The molecule has 0 spiro atoms. The van der Waals surface area contributed by atoms with Gasteiger partial charge in [0.05, 0.1) is 6.54 Å². The van der Waals surface area contributed by atoms with Crippen molar-refractivity contribution in [2.45, 2.75) is 38.6 Å². The van der Waals surface area contributed by atoms with Crippen LogP contribution in [0.15, 0.2) is 35.9 Å². The van der Waals surface area contributed by atoms with Crippen LogP contribution >= 0.6 is 0 Å². The van der Waals surface area contributed by atoms with Gasteiger partial charge < -0.3 is 5.32 Å². The third-order valence-corrected chi connectivity index (χ3v) is 5.28. The highest BCUT2D eigenvalue weighted by molar-refractivity contribution is 5.78. The molecule has 0 saturated carbocycles. The van der Waals surface area contributed by atoms with Crippen molar-refractivity contribution in [3.8, 4) is 0 Å². The number of benzene rings is 1. The van der Waals surface area contributed by atoms with Gasteiger partial charge in [-0.25, -0.2) is 4.39 Å². The van der Waals surface area contributed by atoms with E-state index in [0.29, 0.717) is 6.54 Å². The molecule has 5 heteroatoms. The normalized spacial score (nSPS) is 19.2. The van der Waals surface area contributed by atoms with Crippen LogP contribution in [0.3, 0.4) is 0 Å². The molecule has 0 aromatic heterocycles. The van der Waals surface area contributed by atoms with Gasteiger partial charge in [-0.15, -0.1) is 0 Å². The van der Waals surface area contributed by atoms with Gasteiger partial charge in [0.15, 0.2) is 0 Å². The number of carbonyl (C=O) groups is 1. The number of hydrogen-bond acceptors (Lipinski definition) is 3. The molecule has 1 saturated heterocycles. The zero-order valence-corrected chi connectivity index (χ0v) is 15.6. The average molecular weight is 359 g/mol. The van der Waals surface area contributed by atoms with Gasteiger partial charge in [-0.2, -0.15) is 0 Å². The zero-order chi connectivity index (χ0) is 18.2. The minimum absolute atomic E-state index is 0.125. The van der Waals surface area contributed by atoms with Crippen molar-refractivity contribution in [3.05, 3.63) is 47.3 Å². The van der Waals surface area contributed by atoms with Crippen LogP contribution in [0.1, 0.15) is 37.7 Å². The van der Waals surface area contributed by atoms with Gasteiger partial charge >= 0.3 is 0 Å². The van der Waals surface area contributed by atoms with Gasteiger partial charge in [0, 0.05) is 39.3 Å². The minimum Gasteiger partial charge on any atom is -0.355 e. The lowest BCUT2D eigenvalue weighted by atomic mass is 9.97. The molecule has 1 aliphatic carbocycles. The van der Waals surface area contributed by atoms with E-state index in [1.165, 1.54) is 37.3 Å². The summed E-state index contributed by atoms with van der Waals surface area (Å²) in [4.78, 5) is 16.7. The Morgan fingerprint density at radius 1 is 1.12 bits per heavy atom. The average Bonchev–Trinajstić information content (AvgIpc) is 2.64. The second-order valence-corrected chi connectivity index (χ2v) is 7.39. The molecule has 0 unspecified atom stereocenters. The summed E-state index contributed by atoms with van der Waals surface area (Å²) in [5.74, 6) is -0.0539. The number of carbonyl (C=O) groups excluding carboxylic acids is 1. The van der Waals surface area contributed by atoms with Crippen LogP contribution in [0.2, 0.25) is 0 Å². The Bertz CT molecular complexity index is 623. The Morgan fingerprint density at radius 3 is 2.65 bits per heavy atom. The molecule has 1 heterocycles. The summed E-state index contributed by atoms with van der Waals surface area (Å²) >= 11 is 0. The van der Waals surface area contributed by atoms with Gasteiger partial charge in [-0.3, -0.25) is 14.6 Å². The van der Waals surface area contributed by atoms with E-state index in [2.05, 4.69) is 21.2 Å². The summed E-state index contributed by atoms with van der Waals surface area (Å²) in [5, 5.41) is 3.06. The van der Waals surface area contributed by atoms with Gasteiger partial charge in [-0.05, 0) is 49.8 Å². The fourth-order valence-corrected chi connectivity index (χ4v) is 3.75. The van der Waals surface area contributed by atoms with E-state index < -0.39 is 0 Å². The monoisotopic (exact) mass is 359 g/mol. The molecule has 3 rings (SSSR count). The van der Waals surface area contributed by atoms with Crippen LogP contribution in [0.25, 0.3) is 0 Å². The van der Waals surface area contributed by atoms with Crippen molar-refractivity contribution in [1.82, 2.24) is 15.1 Å². The number of nitrogens with one attached hydrogen (secondary N) is 1. The molecule has 26 heavy (non-hydrogen) atoms. The summed E-state index contributed by atoms with van der Waals surface area (Å²) in [5.41, 5.74) is 2.51. The second-order valence-electron chi connectivity index (χ2n) is 7.39. The summed E-state index contributed by atoms with van der Waals surface area (Å²) in [6.07, 6.45) is 8.33. The standard InChI is InChI=1S/C21H30FN3O/c22-20-8-4-7-19(15-20)16-24-11-13-25(14-12-24)17-21(26)23-10-9-18-5-2-1-3-6-18/h4-5,7-8,15H,1-3,6,9-14,16-17H2,(H,23,26). The third kappa shape index (κ3) is 6.22. The molecule has 1 fully saturated rings. The Labute approximate surface area is 156 Å². The number of amides is 1. The molecule has 0 radical (unpaired) electrons. The number of halogens is 1. The molecule has 1 aromatic rings. The molecule has 4 nitrogen and oxygen atoms in total. The Morgan fingerprint density at radius 2 is 1.92 bits per heavy atom. The summed E-state index contributed by atoms with van der Waals surface area (Å²) in [7, 11) is 0. The fraction of sp³-hybridized carbons (Fsp3) is 0.571. The van der Waals surface area contributed by atoms with E-state index in [4.69, 9.17) is 0 Å². The maximum Gasteiger partial charge on any atom is 0.234 e. The smallest absolute Gasteiger partial charge is 0.234 e. The van der Waals surface area contributed by atoms with Crippen molar-refractivity contribution in [3.63, 3.8) is 0 Å². The lowest BCUT2D eigenvalue weighted by Gasteiger charge is -2.34. The molecule has 1 aromatic carbocycles. The summed E-state index contributed by atoms with van der Waals surface area (Å²) in [6.45, 7) is 5.60. The van der Waals surface area contributed by atoms with Crippen LogP contribution in [0, 0.1) is 5.82 Å². The van der Waals surface area contributed by atoms with E-state index in [9.17, 15) is 9.18 Å². The summed E-state index contributed by atoms with van der Waals surface area (Å²) in [6, 6.07) is 6.80. The van der Waals surface area contributed by atoms with Crippen molar-refractivity contribution in [2.24, 2.45) is 0 Å². The first-order chi connectivity index (χ1) is 12.7. The van der Waals surface area contributed by atoms with Crippen LogP contribution < -0.4 is 5.32 Å². The molecule has 142 valence electrons. The van der Waals surface area contributed by atoms with E-state index in [1.54, 1.807) is 12.1 Å². The van der Waals surface area contributed by atoms with Crippen LogP contribution in [-0.2, 0) is 11.3 Å². The molecule has 2 aliphatic rings. The largest absolute Gasteiger partial charge is 0.355 e. The first-order valence-electron chi connectivity index (χ1n) is 9.83.